The van der Waals surface area contributed by atoms with Gasteiger partial charge in [-0.1, -0.05) is 18.2 Å². The Hall–Kier alpha value is -3.19. The number of nitrogens with zero attached hydrogens (tertiary/aromatic N) is 2. The molecule has 7 heteroatoms. The van der Waals surface area contributed by atoms with Crippen molar-refractivity contribution in [2.75, 3.05) is 33.0 Å². The molecule has 144 valence electrons. The molecule has 2 aromatic carbocycles. The van der Waals surface area contributed by atoms with Crippen LogP contribution in [-0.2, 0) is 6.54 Å². The maximum absolute atomic E-state index is 12.8. The third kappa shape index (κ3) is 3.03. The van der Waals surface area contributed by atoms with Gasteiger partial charge in [-0.15, -0.1) is 0 Å². The minimum Gasteiger partial charge on any atom is -0.507 e. The molecular formula is C21H20N2O5. The van der Waals surface area contributed by atoms with Crippen molar-refractivity contribution in [2.45, 2.75) is 6.54 Å². The zero-order valence-electron chi connectivity index (χ0n) is 15.3. The molecule has 0 atom stereocenters. The van der Waals surface area contributed by atoms with Crippen LogP contribution in [0.1, 0.15) is 16.1 Å². The molecule has 0 radical (unpaired) electrons. The molecular weight excluding hydrogens is 360 g/mol. The van der Waals surface area contributed by atoms with Gasteiger partial charge in [-0.2, -0.15) is 0 Å². The smallest absolute Gasteiger partial charge is 0.289 e. The zero-order chi connectivity index (χ0) is 19.1. The number of phenols is 1. The molecule has 1 saturated heterocycles. The second kappa shape index (κ2) is 6.76. The number of carbonyl (C=O) groups excluding carboxylic acids is 1. The van der Waals surface area contributed by atoms with Gasteiger partial charge in [0.15, 0.2) is 17.3 Å². The number of piperazine rings is 1. The molecule has 0 aliphatic carbocycles. The summed E-state index contributed by atoms with van der Waals surface area (Å²) in [6.45, 7) is 3.44. The molecule has 0 unspecified atom stereocenters. The minimum atomic E-state index is -0.0817. The number of fused-ring (bicyclic) bond motifs is 2. The highest BCUT2D eigenvalue weighted by molar-refractivity contribution is 5.96. The van der Waals surface area contributed by atoms with Crippen molar-refractivity contribution in [1.29, 1.82) is 0 Å². The minimum absolute atomic E-state index is 0.0817. The molecule has 0 spiro atoms. The molecule has 1 amide bonds. The van der Waals surface area contributed by atoms with E-state index in [1.54, 1.807) is 12.1 Å². The average Bonchev–Trinajstić information content (AvgIpc) is 3.34. The summed E-state index contributed by atoms with van der Waals surface area (Å²) in [6, 6.07) is 12.8. The van der Waals surface area contributed by atoms with Gasteiger partial charge in [0.2, 0.25) is 6.79 Å². The Labute approximate surface area is 161 Å². The van der Waals surface area contributed by atoms with Crippen molar-refractivity contribution in [3.63, 3.8) is 0 Å². The maximum Gasteiger partial charge on any atom is 0.289 e. The lowest BCUT2D eigenvalue weighted by Gasteiger charge is -2.34. The van der Waals surface area contributed by atoms with Crippen LogP contribution < -0.4 is 9.47 Å². The Bertz CT molecular complexity index is 1000. The molecule has 0 saturated carbocycles. The van der Waals surface area contributed by atoms with E-state index in [9.17, 15) is 9.90 Å². The number of phenolic OH excluding ortho intramolecular Hbond substituents is 1. The van der Waals surface area contributed by atoms with E-state index in [4.69, 9.17) is 13.9 Å². The number of benzene rings is 2. The maximum atomic E-state index is 12.8. The lowest BCUT2D eigenvalue weighted by Crippen LogP contribution is -2.48. The van der Waals surface area contributed by atoms with Gasteiger partial charge in [-0.3, -0.25) is 9.69 Å². The van der Waals surface area contributed by atoms with Crippen molar-refractivity contribution in [3.05, 3.63) is 53.8 Å². The third-order valence-corrected chi connectivity index (χ3v) is 5.26. The fourth-order valence-corrected chi connectivity index (χ4v) is 3.69. The van der Waals surface area contributed by atoms with E-state index in [1.165, 1.54) is 0 Å². The number of rotatable bonds is 3. The van der Waals surface area contributed by atoms with E-state index in [2.05, 4.69) is 4.90 Å². The lowest BCUT2D eigenvalue weighted by molar-refractivity contribution is 0.0599. The number of hydrogen-bond donors (Lipinski definition) is 1. The Morgan fingerprint density at radius 2 is 1.75 bits per heavy atom. The van der Waals surface area contributed by atoms with Crippen molar-refractivity contribution in [1.82, 2.24) is 9.80 Å². The topological polar surface area (TPSA) is 75.4 Å². The predicted molar refractivity (Wildman–Crippen MR) is 102 cm³/mol. The molecule has 3 heterocycles. The standard InChI is InChI=1S/C21H20N2O5/c24-16-11-19-18(26-13-27-19)10-15(16)12-22-5-7-23(8-6-22)21(25)20-9-14-3-1-2-4-17(14)28-20/h1-4,9-11,24H,5-8,12-13H2. The van der Waals surface area contributed by atoms with Gasteiger partial charge in [0.1, 0.15) is 11.3 Å². The second-order valence-electron chi connectivity index (χ2n) is 7.05. The van der Waals surface area contributed by atoms with E-state index >= 15 is 0 Å². The van der Waals surface area contributed by atoms with Gasteiger partial charge in [0.05, 0.1) is 0 Å². The summed E-state index contributed by atoms with van der Waals surface area (Å²) in [7, 11) is 0. The largest absolute Gasteiger partial charge is 0.507 e. The Morgan fingerprint density at radius 1 is 1.00 bits per heavy atom. The van der Waals surface area contributed by atoms with Crippen LogP contribution in [0.2, 0.25) is 0 Å². The first kappa shape index (κ1) is 16.9. The highest BCUT2D eigenvalue weighted by Gasteiger charge is 2.26. The fraction of sp³-hybridized carbons (Fsp3) is 0.286. The lowest BCUT2D eigenvalue weighted by atomic mass is 10.1. The van der Waals surface area contributed by atoms with Crippen LogP contribution in [0.5, 0.6) is 17.2 Å². The Morgan fingerprint density at radius 3 is 2.54 bits per heavy atom. The van der Waals surface area contributed by atoms with Gasteiger partial charge in [0.25, 0.3) is 5.91 Å². The highest BCUT2D eigenvalue weighted by Crippen LogP contribution is 2.38. The number of aromatic hydroxyl groups is 1. The summed E-state index contributed by atoms with van der Waals surface area (Å²) >= 11 is 0. The van der Waals surface area contributed by atoms with Gasteiger partial charge < -0.3 is 23.9 Å². The molecule has 1 aromatic heterocycles. The van der Waals surface area contributed by atoms with Gasteiger partial charge in [-0.05, 0) is 18.2 Å². The summed E-state index contributed by atoms with van der Waals surface area (Å²) < 4.78 is 16.4. The average molecular weight is 380 g/mol. The molecule has 28 heavy (non-hydrogen) atoms. The fourth-order valence-electron chi connectivity index (χ4n) is 3.69. The first-order valence-corrected chi connectivity index (χ1v) is 9.29. The van der Waals surface area contributed by atoms with Gasteiger partial charge in [0, 0.05) is 49.7 Å². The van der Waals surface area contributed by atoms with Crippen LogP contribution in [-0.4, -0.2) is 53.8 Å². The monoisotopic (exact) mass is 380 g/mol. The SMILES string of the molecule is O=C(c1cc2ccccc2o1)N1CCN(Cc2cc3c(cc2O)OCO3)CC1. The van der Waals surface area contributed by atoms with Gasteiger partial charge >= 0.3 is 0 Å². The first-order chi connectivity index (χ1) is 13.7. The van der Waals surface area contributed by atoms with Crippen LogP contribution in [0.4, 0.5) is 0 Å². The molecule has 5 rings (SSSR count). The van der Waals surface area contributed by atoms with Crippen molar-refractivity contribution < 1.29 is 23.8 Å². The Kier molecular flexibility index (Phi) is 4.09. The van der Waals surface area contributed by atoms with E-state index in [0.29, 0.717) is 36.9 Å². The van der Waals surface area contributed by atoms with Crippen LogP contribution in [0.25, 0.3) is 11.0 Å². The van der Waals surface area contributed by atoms with Crippen LogP contribution >= 0.6 is 0 Å². The van der Waals surface area contributed by atoms with E-state index in [-0.39, 0.29) is 18.4 Å². The third-order valence-electron chi connectivity index (χ3n) is 5.26. The number of para-hydroxylation sites is 1. The van der Waals surface area contributed by atoms with E-state index < -0.39 is 0 Å². The molecule has 7 nitrogen and oxygen atoms in total. The van der Waals surface area contributed by atoms with Gasteiger partial charge in [-0.25, -0.2) is 0 Å². The van der Waals surface area contributed by atoms with Crippen LogP contribution in [0.15, 0.2) is 46.9 Å². The van der Waals surface area contributed by atoms with Crippen molar-refractivity contribution in [3.8, 4) is 17.2 Å². The normalized spacial score (nSPS) is 16.6. The first-order valence-electron chi connectivity index (χ1n) is 9.29. The molecule has 1 N–H and O–H groups in total. The van der Waals surface area contributed by atoms with E-state index in [1.807, 2.05) is 35.2 Å². The second-order valence-corrected chi connectivity index (χ2v) is 7.05. The highest BCUT2D eigenvalue weighted by atomic mass is 16.7. The number of carbonyl (C=O) groups is 1. The molecule has 2 aliphatic rings. The summed E-state index contributed by atoms with van der Waals surface area (Å²) in [5, 5.41) is 11.2. The van der Waals surface area contributed by atoms with Crippen LogP contribution in [0.3, 0.4) is 0 Å². The molecule has 2 aliphatic heterocycles. The number of hydrogen-bond acceptors (Lipinski definition) is 6. The number of amides is 1. The summed E-state index contributed by atoms with van der Waals surface area (Å²) in [4.78, 5) is 16.8. The zero-order valence-corrected chi connectivity index (χ0v) is 15.3. The van der Waals surface area contributed by atoms with Crippen LogP contribution in [0, 0.1) is 0 Å². The van der Waals surface area contributed by atoms with Crippen molar-refractivity contribution in [2.24, 2.45) is 0 Å². The van der Waals surface area contributed by atoms with Crippen molar-refractivity contribution >= 4 is 16.9 Å². The molecule has 3 aromatic rings. The summed E-state index contributed by atoms with van der Waals surface area (Å²) in [5.41, 5.74) is 1.52. The predicted octanol–water partition coefficient (Wildman–Crippen LogP) is 2.83. The number of furan rings is 1. The van der Waals surface area contributed by atoms with E-state index in [0.717, 1.165) is 29.6 Å². The Balaban J connectivity index is 1.23. The number of ether oxygens (including phenoxy) is 2. The molecule has 1 fully saturated rings. The summed E-state index contributed by atoms with van der Waals surface area (Å²) in [5.74, 6) is 1.73. The summed E-state index contributed by atoms with van der Waals surface area (Å²) in [6.07, 6.45) is 0. The molecule has 0 bridgehead atoms. The quantitative estimate of drug-likeness (QED) is 0.753.